The van der Waals surface area contributed by atoms with Crippen LogP contribution in [0.5, 0.6) is 0 Å². The third-order valence-electron chi connectivity index (χ3n) is 4.23. The van der Waals surface area contributed by atoms with Gasteiger partial charge in [-0.05, 0) is 49.8 Å². The predicted molar refractivity (Wildman–Crippen MR) is 72.8 cm³/mol. The second-order valence-electron chi connectivity index (χ2n) is 5.59. The zero-order chi connectivity index (χ0) is 14.1. The van der Waals surface area contributed by atoms with Gasteiger partial charge in [0.1, 0.15) is 5.82 Å². The molecular formula is C15H17FN2O2. The number of halogens is 1. The molecule has 0 aliphatic heterocycles. The van der Waals surface area contributed by atoms with Gasteiger partial charge in [-0.15, -0.1) is 0 Å². The van der Waals surface area contributed by atoms with E-state index in [2.05, 4.69) is 4.98 Å². The molecule has 106 valence electrons. The van der Waals surface area contributed by atoms with Crippen LogP contribution in [0.1, 0.15) is 25.7 Å². The number of fused-ring (bicyclic) bond motifs is 1. The number of imidazole rings is 1. The van der Waals surface area contributed by atoms with E-state index in [4.69, 9.17) is 5.11 Å². The molecule has 0 atom stereocenters. The first kappa shape index (κ1) is 13.1. The van der Waals surface area contributed by atoms with Crippen LogP contribution in [0, 0.1) is 17.7 Å². The van der Waals surface area contributed by atoms with Gasteiger partial charge in [0, 0.05) is 6.54 Å². The first-order valence-electron chi connectivity index (χ1n) is 6.96. The maximum Gasteiger partial charge on any atom is 0.306 e. The molecule has 0 amide bonds. The van der Waals surface area contributed by atoms with Crippen molar-refractivity contribution in [2.45, 2.75) is 32.2 Å². The number of nitrogens with zero attached hydrogens (tertiary/aromatic N) is 2. The van der Waals surface area contributed by atoms with Gasteiger partial charge in [-0.3, -0.25) is 4.79 Å². The van der Waals surface area contributed by atoms with Gasteiger partial charge in [-0.25, -0.2) is 9.37 Å². The molecule has 0 spiro atoms. The van der Waals surface area contributed by atoms with E-state index in [1.165, 1.54) is 12.1 Å². The standard InChI is InChI=1S/C15H17FN2O2/c16-12-5-6-13-14(7-12)18(9-17-13)8-10-1-3-11(4-2-10)15(19)20/h5-7,9-11H,1-4,8H2,(H,19,20). The number of aromatic nitrogens is 2. The maximum atomic E-state index is 13.3. The van der Waals surface area contributed by atoms with Crippen LogP contribution in [-0.2, 0) is 11.3 Å². The number of aliphatic carboxylic acids is 1. The first-order valence-corrected chi connectivity index (χ1v) is 6.96. The summed E-state index contributed by atoms with van der Waals surface area (Å²) in [7, 11) is 0. The van der Waals surface area contributed by atoms with Crippen LogP contribution >= 0.6 is 0 Å². The fourth-order valence-electron chi connectivity index (χ4n) is 3.05. The van der Waals surface area contributed by atoms with E-state index in [-0.39, 0.29) is 11.7 Å². The van der Waals surface area contributed by atoms with E-state index in [0.717, 1.165) is 43.3 Å². The average Bonchev–Trinajstić information content (AvgIpc) is 2.82. The Bertz CT molecular complexity index is 630. The molecule has 0 saturated heterocycles. The van der Waals surface area contributed by atoms with E-state index in [0.29, 0.717) is 5.92 Å². The SMILES string of the molecule is O=C(O)C1CCC(Cn2cnc3ccc(F)cc32)CC1. The van der Waals surface area contributed by atoms with Crippen molar-refractivity contribution in [3.05, 3.63) is 30.3 Å². The Kier molecular flexibility index (Phi) is 3.42. The lowest BCUT2D eigenvalue weighted by Crippen LogP contribution is -2.23. The lowest BCUT2D eigenvalue weighted by molar-refractivity contribution is -0.143. The van der Waals surface area contributed by atoms with Gasteiger partial charge in [-0.2, -0.15) is 0 Å². The van der Waals surface area contributed by atoms with E-state index >= 15 is 0 Å². The summed E-state index contributed by atoms with van der Waals surface area (Å²) in [5.41, 5.74) is 1.61. The lowest BCUT2D eigenvalue weighted by Gasteiger charge is -2.26. The molecule has 3 rings (SSSR count). The summed E-state index contributed by atoms with van der Waals surface area (Å²) in [6.45, 7) is 0.784. The molecule has 1 aromatic carbocycles. The van der Waals surface area contributed by atoms with Crippen molar-refractivity contribution in [2.75, 3.05) is 0 Å². The zero-order valence-electron chi connectivity index (χ0n) is 11.1. The Labute approximate surface area is 116 Å². The van der Waals surface area contributed by atoms with Gasteiger partial charge in [0.2, 0.25) is 0 Å². The number of carboxylic acids is 1. The van der Waals surface area contributed by atoms with Crippen molar-refractivity contribution >= 4 is 17.0 Å². The molecule has 1 N–H and O–H groups in total. The topological polar surface area (TPSA) is 55.1 Å². The Hall–Kier alpha value is -1.91. The van der Waals surface area contributed by atoms with E-state index in [1.54, 1.807) is 12.4 Å². The monoisotopic (exact) mass is 276 g/mol. The van der Waals surface area contributed by atoms with Crippen molar-refractivity contribution in [1.82, 2.24) is 9.55 Å². The molecule has 5 heteroatoms. The molecule has 1 aliphatic rings. The highest BCUT2D eigenvalue weighted by atomic mass is 19.1. The summed E-state index contributed by atoms with van der Waals surface area (Å²) >= 11 is 0. The van der Waals surface area contributed by atoms with E-state index in [9.17, 15) is 9.18 Å². The van der Waals surface area contributed by atoms with Gasteiger partial charge >= 0.3 is 5.97 Å². The minimum Gasteiger partial charge on any atom is -0.481 e. The summed E-state index contributed by atoms with van der Waals surface area (Å²) in [6.07, 6.45) is 5.04. The summed E-state index contributed by atoms with van der Waals surface area (Å²) in [5.74, 6) is -0.679. The van der Waals surface area contributed by atoms with Crippen LogP contribution in [0.4, 0.5) is 4.39 Å². The zero-order valence-corrected chi connectivity index (χ0v) is 11.1. The molecule has 0 bridgehead atoms. The largest absolute Gasteiger partial charge is 0.481 e. The first-order chi connectivity index (χ1) is 9.63. The minimum atomic E-state index is -0.682. The van der Waals surface area contributed by atoms with Crippen molar-refractivity contribution < 1.29 is 14.3 Å². The van der Waals surface area contributed by atoms with E-state index in [1.807, 2.05) is 4.57 Å². The van der Waals surface area contributed by atoms with Crippen molar-refractivity contribution in [3.8, 4) is 0 Å². The van der Waals surface area contributed by atoms with Crippen LogP contribution in [0.2, 0.25) is 0 Å². The number of hydrogen-bond donors (Lipinski definition) is 1. The highest BCUT2D eigenvalue weighted by molar-refractivity contribution is 5.75. The quantitative estimate of drug-likeness (QED) is 0.937. The van der Waals surface area contributed by atoms with Gasteiger partial charge in [0.25, 0.3) is 0 Å². The summed E-state index contributed by atoms with van der Waals surface area (Å²) < 4.78 is 15.3. The molecule has 1 saturated carbocycles. The molecule has 0 unspecified atom stereocenters. The number of carboxylic acid groups (broad SMARTS) is 1. The number of carbonyl (C=O) groups is 1. The molecule has 0 radical (unpaired) electrons. The Balaban J connectivity index is 1.71. The van der Waals surface area contributed by atoms with Crippen LogP contribution in [0.15, 0.2) is 24.5 Å². The molecular weight excluding hydrogens is 259 g/mol. The van der Waals surface area contributed by atoms with Crippen molar-refractivity contribution in [2.24, 2.45) is 11.8 Å². The highest BCUT2D eigenvalue weighted by Crippen LogP contribution is 2.30. The predicted octanol–water partition coefficient (Wildman–Crippen LogP) is 3.07. The number of hydrogen-bond acceptors (Lipinski definition) is 2. The normalized spacial score (nSPS) is 23.1. The third kappa shape index (κ3) is 2.53. The van der Waals surface area contributed by atoms with Crippen molar-refractivity contribution in [3.63, 3.8) is 0 Å². The summed E-state index contributed by atoms with van der Waals surface area (Å²) in [4.78, 5) is 15.2. The molecule has 1 fully saturated rings. The highest BCUT2D eigenvalue weighted by Gasteiger charge is 2.26. The maximum absolute atomic E-state index is 13.3. The van der Waals surface area contributed by atoms with E-state index < -0.39 is 5.97 Å². The smallest absolute Gasteiger partial charge is 0.306 e. The molecule has 20 heavy (non-hydrogen) atoms. The van der Waals surface area contributed by atoms with Crippen molar-refractivity contribution in [1.29, 1.82) is 0 Å². The van der Waals surface area contributed by atoms with Gasteiger partial charge in [0.15, 0.2) is 0 Å². The van der Waals surface area contributed by atoms with Gasteiger partial charge in [0.05, 0.1) is 23.3 Å². The molecule has 1 aliphatic carbocycles. The Morgan fingerprint density at radius 3 is 2.80 bits per heavy atom. The number of rotatable bonds is 3. The number of benzene rings is 1. The van der Waals surface area contributed by atoms with Gasteiger partial charge < -0.3 is 9.67 Å². The lowest BCUT2D eigenvalue weighted by atomic mass is 9.82. The molecule has 1 aromatic heterocycles. The van der Waals surface area contributed by atoms with Crippen LogP contribution < -0.4 is 0 Å². The second-order valence-corrected chi connectivity index (χ2v) is 5.59. The summed E-state index contributed by atoms with van der Waals surface area (Å²) in [5, 5.41) is 9.00. The molecule has 1 heterocycles. The molecule has 2 aromatic rings. The minimum absolute atomic E-state index is 0.191. The van der Waals surface area contributed by atoms with Crippen LogP contribution in [-0.4, -0.2) is 20.6 Å². The fraction of sp³-hybridized carbons (Fsp3) is 0.467. The van der Waals surface area contributed by atoms with Gasteiger partial charge in [-0.1, -0.05) is 0 Å². The Morgan fingerprint density at radius 1 is 1.35 bits per heavy atom. The Morgan fingerprint density at radius 2 is 2.10 bits per heavy atom. The fourth-order valence-corrected chi connectivity index (χ4v) is 3.05. The average molecular weight is 276 g/mol. The summed E-state index contributed by atoms with van der Waals surface area (Å²) in [6, 6.07) is 4.60. The van der Waals surface area contributed by atoms with Crippen LogP contribution in [0.25, 0.3) is 11.0 Å². The second kappa shape index (κ2) is 5.23. The third-order valence-corrected chi connectivity index (χ3v) is 4.23. The molecule has 4 nitrogen and oxygen atoms in total. The van der Waals surface area contributed by atoms with Crippen LogP contribution in [0.3, 0.4) is 0 Å².